The van der Waals surface area contributed by atoms with Gasteiger partial charge in [0.15, 0.2) is 0 Å². The predicted molar refractivity (Wildman–Crippen MR) is 119 cm³/mol. The van der Waals surface area contributed by atoms with Gasteiger partial charge in [0.25, 0.3) is 0 Å². The normalized spacial score (nSPS) is 20.0. The average molecular weight is 475 g/mol. The Morgan fingerprint density at radius 2 is 1.77 bits per heavy atom. The Hall–Kier alpha value is -1.26. The number of amides is 1. The highest BCUT2D eigenvalue weighted by atomic mass is 35.5. The third-order valence-corrected chi connectivity index (χ3v) is 8.54. The molecule has 0 radical (unpaired) electrons. The fourth-order valence-electron chi connectivity index (χ4n) is 4.25. The lowest BCUT2D eigenvalue weighted by Crippen LogP contribution is -2.53. The van der Waals surface area contributed by atoms with Crippen molar-refractivity contribution in [2.45, 2.75) is 43.7 Å². The Labute approximate surface area is 189 Å². The number of rotatable bonds is 6. The van der Waals surface area contributed by atoms with Gasteiger partial charge >= 0.3 is 0 Å². The maximum absolute atomic E-state index is 13.4. The van der Waals surface area contributed by atoms with Crippen molar-refractivity contribution in [2.75, 3.05) is 52.9 Å². The lowest BCUT2D eigenvalue weighted by molar-refractivity contribution is -0.134. The molecule has 0 aromatic heterocycles. The molecule has 0 unspecified atom stereocenters. The summed E-state index contributed by atoms with van der Waals surface area (Å²) in [6.45, 7) is 7.94. The highest BCUT2D eigenvalue weighted by molar-refractivity contribution is 7.89. The molecule has 3 rings (SSSR count). The number of carbonyl (C=O) groups excluding carboxylic acids is 1. The van der Waals surface area contributed by atoms with E-state index in [1.165, 1.54) is 10.4 Å². The second-order valence-electron chi connectivity index (χ2n) is 8.64. The summed E-state index contributed by atoms with van der Waals surface area (Å²) in [5.41, 5.74) is 0. The van der Waals surface area contributed by atoms with Crippen LogP contribution in [0.5, 0.6) is 0 Å². The SMILES string of the molecule is CC(C)N1CCC(N(C)CC(=O)N2CCN(S(=O)(=O)c3ccc(F)c(Cl)c3)CC2)CC1. The summed E-state index contributed by atoms with van der Waals surface area (Å²) in [5.74, 6) is -0.634. The minimum absolute atomic E-state index is 0.0238. The zero-order valence-corrected chi connectivity index (χ0v) is 20.0. The molecule has 2 fully saturated rings. The number of nitrogens with zero attached hydrogens (tertiary/aromatic N) is 4. The standard InChI is InChI=1S/C21H32ClFN4O3S/c1-16(2)25-8-6-17(7-9-25)24(3)15-21(28)26-10-12-27(13-11-26)31(29,30)18-4-5-20(23)19(22)14-18/h4-5,14,16-17H,6-13,15H2,1-3H3. The second kappa shape index (κ2) is 10.1. The molecule has 2 heterocycles. The van der Waals surface area contributed by atoms with E-state index < -0.39 is 15.8 Å². The van der Waals surface area contributed by atoms with E-state index in [-0.39, 0.29) is 28.9 Å². The van der Waals surface area contributed by atoms with Gasteiger partial charge in [0.1, 0.15) is 5.82 Å². The maximum Gasteiger partial charge on any atom is 0.243 e. The maximum atomic E-state index is 13.4. The minimum atomic E-state index is -3.77. The Kier molecular flexibility index (Phi) is 7.96. The number of benzene rings is 1. The number of carbonyl (C=O) groups is 1. The van der Waals surface area contributed by atoms with Crippen LogP contribution >= 0.6 is 11.6 Å². The Bertz CT molecular complexity index is 883. The predicted octanol–water partition coefficient (Wildman–Crippen LogP) is 2.12. The Morgan fingerprint density at radius 3 is 2.32 bits per heavy atom. The van der Waals surface area contributed by atoms with Gasteiger partial charge < -0.3 is 9.80 Å². The molecule has 1 aromatic carbocycles. The molecule has 0 atom stereocenters. The van der Waals surface area contributed by atoms with Gasteiger partial charge in [-0.15, -0.1) is 0 Å². The van der Waals surface area contributed by atoms with Crippen molar-refractivity contribution in [3.8, 4) is 0 Å². The van der Waals surface area contributed by atoms with Gasteiger partial charge in [0, 0.05) is 38.3 Å². The molecule has 0 aliphatic carbocycles. The first-order valence-corrected chi connectivity index (χ1v) is 12.6. The highest BCUT2D eigenvalue weighted by Crippen LogP contribution is 2.23. The lowest BCUT2D eigenvalue weighted by atomic mass is 10.0. The van der Waals surface area contributed by atoms with E-state index in [9.17, 15) is 17.6 Å². The molecule has 0 N–H and O–H groups in total. The Morgan fingerprint density at radius 1 is 1.16 bits per heavy atom. The van der Waals surface area contributed by atoms with Gasteiger partial charge in [-0.2, -0.15) is 4.31 Å². The number of likely N-dealkylation sites (tertiary alicyclic amines) is 1. The van der Waals surface area contributed by atoms with Gasteiger partial charge in [-0.3, -0.25) is 9.69 Å². The molecule has 31 heavy (non-hydrogen) atoms. The van der Waals surface area contributed by atoms with Crippen molar-refractivity contribution in [3.63, 3.8) is 0 Å². The number of likely N-dealkylation sites (N-methyl/N-ethyl adjacent to an activating group) is 1. The van der Waals surface area contributed by atoms with Crippen LogP contribution in [0.3, 0.4) is 0 Å². The summed E-state index contributed by atoms with van der Waals surface area (Å²) >= 11 is 5.74. The van der Waals surface area contributed by atoms with E-state index in [0.29, 0.717) is 31.7 Å². The van der Waals surface area contributed by atoms with E-state index in [4.69, 9.17) is 11.6 Å². The number of sulfonamides is 1. The summed E-state index contributed by atoms with van der Waals surface area (Å²) in [7, 11) is -1.78. The first-order chi connectivity index (χ1) is 14.6. The van der Waals surface area contributed by atoms with Crippen molar-refractivity contribution in [1.82, 2.24) is 19.0 Å². The van der Waals surface area contributed by atoms with Crippen LogP contribution in [-0.4, -0.2) is 98.3 Å². The van der Waals surface area contributed by atoms with Crippen LogP contribution in [0.4, 0.5) is 4.39 Å². The minimum Gasteiger partial charge on any atom is -0.339 e. The van der Waals surface area contributed by atoms with E-state index in [0.717, 1.165) is 38.1 Å². The van der Waals surface area contributed by atoms with Crippen LogP contribution in [0.2, 0.25) is 5.02 Å². The summed E-state index contributed by atoms with van der Waals surface area (Å²) < 4.78 is 40.3. The van der Waals surface area contributed by atoms with Crippen molar-refractivity contribution in [1.29, 1.82) is 0 Å². The molecule has 174 valence electrons. The van der Waals surface area contributed by atoms with E-state index >= 15 is 0 Å². The molecule has 1 aromatic rings. The molecular weight excluding hydrogens is 443 g/mol. The van der Waals surface area contributed by atoms with E-state index in [1.54, 1.807) is 4.90 Å². The fourth-order valence-corrected chi connectivity index (χ4v) is 5.94. The van der Waals surface area contributed by atoms with Crippen LogP contribution in [0.1, 0.15) is 26.7 Å². The second-order valence-corrected chi connectivity index (χ2v) is 11.0. The van der Waals surface area contributed by atoms with Gasteiger partial charge in [0.2, 0.25) is 15.9 Å². The molecule has 10 heteroatoms. The van der Waals surface area contributed by atoms with Gasteiger partial charge in [-0.05, 0) is 65.0 Å². The molecule has 1 amide bonds. The highest BCUT2D eigenvalue weighted by Gasteiger charge is 2.32. The number of piperidine rings is 1. The quantitative estimate of drug-likeness (QED) is 0.632. The van der Waals surface area contributed by atoms with Crippen molar-refractivity contribution < 1.29 is 17.6 Å². The molecule has 2 aliphatic heterocycles. The number of hydrogen-bond donors (Lipinski definition) is 0. The lowest BCUT2D eigenvalue weighted by Gasteiger charge is -2.39. The Balaban J connectivity index is 1.51. The van der Waals surface area contributed by atoms with Crippen molar-refractivity contribution in [3.05, 3.63) is 29.0 Å². The summed E-state index contributed by atoms with van der Waals surface area (Å²) in [5, 5.41) is -0.225. The van der Waals surface area contributed by atoms with Crippen LogP contribution < -0.4 is 0 Å². The van der Waals surface area contributed by atoms with Crippen LogP contribution in [0, 0.1) is 5.82 Å². The van der Waals surface area contributed by atoms with Crippen molar-refractivity contribution >= 4 is 27.5 Å². The largest absolute Gasteiger partial charge is 0.339 e. The van der Waals surface area contributed by atoms with Gasteiger partial charge in [-0.25, -0.2) is 12.8 Å². The fraction of sp³-hybridized carbons (Fsp3) is 0.667. The monoisotopic (exact) mass is 474 g/mol. The third kappa shape index (κ3) is 5.76. The van der Waals surface area contributed by atoms with Gasteiger partial charge in [0.05, 0.1) is 16.5 Å². The molecule has 0 bridgehead atoms. The van der Waals surface area contributed by atoms with E-state index in [2.05, 4.69) is 23.6 Å². The summed E-state index contributed by atoms with van der Waals surface area (Å²) in [6.07, 6.45) is 2.10. The van der Waals surface area contributed by atoms with Crippen LogP contribution in [0.25, 0.3) is 0 Å². The molecule has 2 saturated heterocycles. The summed E-state index contributed by atoms with van der Waals surface area (Å²) in [6, 6.07) is 4.34. The van der Waals surface area contributed by atoms with E-state index in [1.807, 2.05) is 7.05 Å². The molecule has 0 saturated carbocycles. The summed E-state index contributed by atoms with van der Waals surface area (Å²) in [4.78, 5) is 19.1. The molecular formula is C21H32ClFN4O3S. The van der Waals surface area contributed by atoms with Crippen LogP contribution in [-0.2, 0) is 14.8 Å². The average Bonchev–Trinajstić information content (AvgIpc) is 2.75. The molecule has 2 aliphatic rings. The first kappa shape index (κ1) is 24.4. The van der Waals surface area contributed by atoms with Crippen molar-refractivity contribution in [2.24, 2.45) is 0 Å². The van der Waals surface area contributed by atoms with Gasteiger partial charge in [-0.1, -0.05) is 11.6 Å². The molecule has 7 nitrogen and oxygen atoms in total. The number of halogens is 2. The van der Waals surface area contributed by atoms with Crippen LogP contribution in [0.15, 0.2) is 23.1 Å². The number of piperazine rings is 1. The smallest absolute Gasteiger partial charge is 0.243 e. The topological polar surface area (TPSA) is 64.2 Å². The molecule has 0 spiro atoms. The first-order valence-electron chi connectivity index (χ1n) is 10.8. The third-order valence-electron chi connectivity index (χ3n) is 6.36. The zero-order valence-electron chi connectivity index (χ0n) is 18.4. The number of hydrogen-bond acceptors (Lipinski definition) is 5. The zero-order chi connectivity index (χ0) is 22.8.